The highest BCUT2D eigenvalue weighted by Gasteiger charge is 2.23. The van der Waals surface area contributed by atoms with Crippen molar-refractivity contribution in [3.63, 3.8) is 0 Å². The van der Waals surface area contributed by atoms with Crippen molar-refractivity contribution in [2.24, 2.45) is 0 Å². The van der Waals surface area contributed by atoms with Crippen LogP contribution in [-0.2, 0) is 5.41 Å². The quantitative estimate of drug-likeness (QED) is 0.703. The molecule has 1 N–H and O–H groups in total. The molecule has 2 aromatic carbocycles. The van der Waals surface area contributed by atoms with Crippen LogP contribution in [0.3, 0.4) is 0 Å². The van der Waals surface area contributed by atoms with Crippen molar-refractivity contribution >= 4 is 0 Å². The Morgan fingerprint density at radius 2 is 1.54 bits per heavy atom. The van der Waals surface area contributed by atoms with E-state index in [1.165, 1.54) is 52.6 Å². The van der Waals surface area contributed by atoms with Crippen molar-refractivity contribution in [1.29, 1.82) is 0 Å². The molecule has 1 nitrogen and oxygen atoms in total. The zero-order valence-electron chi connectivity index (χ0n) is 15.9. The van der Waals surface area contributed by atoms with Crippen molar-refractivity contribution in [2.45, 2.75) is 65.3 Å². The summed E-state index contributed by atoms with van der Waals surface area (Å²) in [5, 5.41) is 3.50. The van der Waals surface area contributed by atoms with Crippen molar-refractivity contribution in [1.82, 2.24) is 5.32 Å². The van der Waals surface area contributed by atoms with E-state index in [1.807, 2.05) is 0 Å². The summed E-state index contributed by atoms with van der Waals surface area (Å²) in [6, 6.07) is 14.6. The molecule has 24 heavy (non-hydrogen) atoms. The second-order valence-electron chi connectivity index (χ2n) is 7.67. The van der Waals surface area contributed by atoms with Crippen molar-refractivity contribution in [2.75, 3.05) is 6.54 Å². The minimum absolute atomic E-state index is 0.290. The van der Waals surface area contributed by atoms with E-state index in [0.717, 1.165) is 6.54 Å². The van der Waals surface area contributed by atoms with Crippen LogP contribution < -0.4 is 5.32 Å². The molecule has 0 aliphatic carbocycles. The summed E-state index contributed by atoms with van der Waals surface area (Å²) in [5.41, 5.74) is 8.71. The van der Waals surface area contributed by atoms with Crippen LogP contribution in [0, 0.1) is 13.8 Å². The van der Waals surface area contributed by atoms with Crippen LogP contribution in [0.15, 0.2) is 36.4 Å². The number of aryl methyl sites for hydroxylation is 2. The smallest absolute Gasteiger partial charge is 0.0332 e. The number of nitrogens with one attached hydrogen (secondary N) is 1. The lowest BCUT2D eigenvalue weighted by atomic mass is 9.76. The van der Waals surface area contributed by atoms with Crippen molar-refractivity contribution in [3.05, 3.63) is 58.7 Å². The summed E-state index contributed by atoms with van der Waals surface area (Å²) in [7, 11) is 0. The van der Waals surface area contributed by atoms with Gasteiger partial charge >= 0.3 is 0 Å². The maximum Gasteiger partial charge on any atom is 0.0332 e. The van der Waals surface area contributed by atoms with Crippen LogP contribution in [0.2, 0.25) is 0 Å². The first-order chi connectivity index (χ1) is 11.5. The van der Waals surface area contributed by atoms with E-state index < -0.39 is 0 Å². The highest BCUT2D eigenvalue weighted by Crippen LogP contribution is 2.36. The van der Waals surface area contributed by atoms with Crippen LogP contribution in [-0.4, -0.2) is 6.54 Å². The van der Waals surface area contributed by atoms with Crippen LogP contribution in [0.1, 0.15) is 68.3 Å². The lowest BCUT2D eigenvalue weighted by molar-refractivity contribution is 0.383. The van der Waals surface area contributed by atoms with Crippen LogP contribution >= 0.6 is 0 Å². The number of hydrogen-bond donors (Lipinski definition) is 1. The third kappa shape index (κ3) is 3.02. The van der Waals surface area contributed by atoms with Gasteiger partial charge in [0.15, 0.2) is 0 Å². The maximum atomic E-state index is 3.50. The second-order valence-corrected chi connectivity index (χ2v) is 7.67. The molecule has 1 fully saturated rings. The number of benzene rings is 2. The predicted octanol–water partition coefficient (Wildman–Crippen LogP) is 6.08. The summed E-state index contributed by atoms with van der Waals surface area (Å²) >= 11 is 0. The summed E-state index contributed by atoms with van der Waals surface area (Å²) in [6.45, 7) is 12.6. The first-order valence-electron chi connectivity index (χ1n) is 9.44. The lowest BCUT2D eigenvalue weighted by Crippen LogP contribution is -2.34. The molecule has 2 aromatic rings. The molecule has 1 heteroatoms. The number of hydrogen-bond acceptors (Lipinski definition) is 1. The monoisotopic (exact) mass is 321 g/mol. The average molecular weight is 322 g/mol. The molecule has 0 amide bonds. The first kappa shape index (κ1) is 17.2. The van der Waals surface area contributed by atoms with E-state index in [4.69, 9.17) is 0 Å². The maximum absolute atomic E-state index is 3.50. The van der Waals surface area contributed by atoms with Gasteiger partial charge in [-0.15, -0.1) is 0 Å². The molecular formula is C23H31N. The van der Waals surface area contributed by atoms with Crippen LogP contribution in [0.4, 0.5) is 0 Å². The van der Waals surface area contributed by atoms with E-state index in [-0.39, 0.29) is 5.41 Å². The van der Waals surface area contributed by atoms with Gasteiger partial charge in [0.05, 0.1) is 0 Å². The summed E-state index contributed by atoms with van der Waals surface area (Å²) < 4.78 is 0. The van der Waals surface area contributed by atoms with Gasteiger partial charge in [0.2, 0.25) is 0 Å². The summed E-state index contributed by atoms with van der Waals surface area (Å²) in [4.78, 5) is 0. The zero-order valence-corrected chi connectivity index (χ0v) is 15.9. The molecule has 1 atom stereocenters. The van der Waals surface area contributed by atoms with Gasteiger partial charge in [0.1, 0.15) is 0 Å². The van der Waals surface area contributed by atoms with E-state index in [9.17, 15) is 0 Å². The molecule has 1 saturated heterocycles. The average Bonchev–Trinajstić information content (AvgIpc) is 2.53. The lowest BCUT2D eigenvalue weighted by Gasteiger charge is -2.29. The Kier molecular flexibility index (Phi) is 4.83. The van der Waals surface area contributed by atoms with E-state index >= 15 is 0 Å². The molecule has 1 heterocycles. The van der Waals surface area contributed by atoms with Gasteiger partial charge in [0, 0.05) is 6.04 Å². The molecular weight excluding hydrogens is 290 g/mol. The standard InChI is InChI=1S/C23H31N/c1-6-23(5,7-2)19-9-11-21(17(4)15-19)20-10-8-18(14-16(20)3)22-12-13-24-22/h8-11,14-15,22,24H,6-7,12-13H2,1-5H3. The Morgan fingerprint density at radius 3 is 2.00 bits per heavy atom. The third-order valence-corrected chi connectivity index (χ3v) is 6.25. The van der Waals surface area contributed by atoms with Crippen LogP contribution in [0.5, 0.6) is 0 Å². The molecule has 0 bridgehead atoms. The fourth-order valence-corrected chi connectivity index (χ4v) is 3.78. The Hall–Kier alpha value is -1.60. The highest BCUT2D eigenvalue weighted by atomic mass is 15.0. The topological polar surface area (TPSA) is 12.0 Å². The fraction of sp³-hybridized carbons (Fsp3) is 0.478. The Balaban J connectivity index is 1.95. The van der Waals surface area contributed by atoms with Gasteiger partial charge < -0.3 is 5.32 Å². The minimum atomic E-state index is 0.290. The third-order valence-electron chi connectivity index (χ3n) is 6.25. The number of rotatable bonds is 5. The van der Waals surface area contributed by atoms with Crippen molar-refractivity contribution < 1.29 is 0 Å². The second kappa shape index (κ2) is 6.72. The van der Waals surface area contributed by atoms with Gasteiger partial charge in [-0.2, -0.15) is 0 Å². The molecule has 0 radical (unpaired) electrons. The minimum Gasteiger partial charge on any atom is -0.310 e. The Morgan fingerprint density at radius 1 is 0.958 bits per heavy atom. The SMILES string of the molecule is CCC(C)(CC)c1ccc(-c2ccc(C3CCN3)cc2C)c(C)c1. The molecule has 0 saturated carbocycles. The summed E-state index contributed by atoms with van der Waals surface area (Å²) in [6.07, 6.45) is 3.63. The van der Waals surface area contributed by atoms with Gasteiger partial charge in [-0.1, -0.05) is 57.2 Å². The van der Waals surface area contributed by atoms with Gasteiger partial charge in [0.25, 0.3) is 0 Å². The molecule has 1 aliphatic rings. The van der Waals surface area contributed by atoms with Crippen LogP contribution in [0.25, 0.3) is 11.1 Å². The Bertz CT molecular complexity index is 721. The fourth-order valence-electron chi connectivity index (χ4n) is 3.78. The Labute approximate surface area is 147 Å². The van der Waals surface area contributed by atoms with Gasteiger partial charge in [-0.3, -0.25) is 0 Å². The predicted molar refractivity (Wildman–Crippen MR) is 105 cm³/mol. The molecule has 3 rings (SSSR count). The first-order valence-corrected chi connectivity index (χ1v) is 9.44. The van der Waals surface area contributed by atoms with E-state index in [1.54, 1.807) is 0 Å². The molecule has 1 unspecified atom stereocenters. The van der Waals surface area contributed by atoms with Gasteiger partial charge in [-0.25, -0.2) is 0 Å². The van der Waals surface area contributed by atoms with Gasteiger partial charge in [-0.05, 0) is 78.5 Å². The molecule has 0 aromatic heterocycles. The van der Waals surface area contributed by atoms with Crippen molar-refractivity contribution in [3.8, 4) is 11.1 Å². The molecule has 128 valence electrons. The largest absolute Gasteiger partial charge is 0.310 e. The normalized spacial score (nSPS) is 17.6. The molecule has 0 spiro atoms. The molecule has 1 aliphatic heterocycles. The highest BCUT2D eigenvalue weighted by molar-refractivity contribution is 5.71. The summed E-state index contributed by atoms with van der Waals surface area (Å²) in [5.74, 6) is 0. The van der Waals surface area contributed by atoms with E-state index in [2.05, 4.69) is 76.3 Å². The zero-order chi connectivity index (χ0) is 17.3. The van der Waals surface area contributed by atoms with E-state index in [0.29, 0.717) is 6.04 Å².